The van der Waals surface area contributed by atoms with E-state index in [9.17, 15) is 9.18 Å². The van der Waals surface area contributed by atoms with Gasteiger partial charge >= 0.3 is 0 Å². The molecule has 0 bridgehead atoms. The summed E-state index contributed by atoms with van der Waals surface area (Å²) in [5, 5.41) is 5.72. The van der Waals surface area contributed by atoms with Crippen LogP contribution < -0.4 is 10.6 Å². The first-order chi connectivity index (χ1) is 9.95. The Morgan fingerprint density at radius 2 is 1.90 bits per heavy atom. The first kappa shape index (κ1) is 15.5. The fourth-order valence-corrected chi connectivity index (χ4v) is 2.32. The summed E-state index contributed by atoms with van der Waals surface area (Å²) in [6.07, 6.45) is 0. The Hall–Kier alpha value is -1.88. The van der Waals surface area contributed by atoms with Crippen LogP contribution in [0.15, 0.2) is 40.9 Å². The second-order valence-electron chi connectivity index (χ2n) is 4.82. The average Bonchev–Trinajstić information content (AvgIpc) is 2.43. The molecule has 0 heterocycles. The molecule has 3 nitrogen and oxygen atoms in total. The van der Waals surface area contributed by atoms with Crippen LogP contribution in [0.4, 0.5) is 15.8 Å². The molecule has 0 aromatic heterocycles. The number of carbonyl (C=O) groups excluding carboxylic acids is 1. The van der Waals surface area contributed by atoms with Gasteiger partial charge in [0.15, 0.2) is 0 Å². The third-order valence-corrected chi connectivity index (χ3v) is 3.58. The predicted molar refractivity (Wildman–Crippen MR) is 87.1 cm³/mol. The van der Waals surface area contributed by atoms with E-state index >= 15 is 0 Å². The molecule has 2 N–H and O–H groups in total. The van der Waals surface area contributed by atoms with E-state index in [4.69, 9.17) is 0 Å². The van der Waals surface area contributed by atoms with Gasteiger partial charge < -0.3 is 10.6 Å². The van der Waals surface area contributed by atoms with Gasteiger partial charge in [0.1, 0.15) is 5.82 Å². The lowest BCUT2D eigenvalue weighted by atomic mass is 10.2. The Labute approximate surface area is 131 Å². The second-order valence-corrected chi connectivity index (χ2v) is 5.74. The minimum Gasteiger partial charge on any atom is -0.376 e. The van der Waals surface area contributed by atoms with Gasteiger partial charge in [0.25, 0.3) is 0 Å². The fraction of sp³-hybridized carbons (Fsp3) is 0.188. The van der Waals surface area contributed by atoms with E-state index < -0.39 is 0 Å². The lowest BCUT2D eigenvalue weighted by Gasteiger charge is -2.10. The molecule has 0 aliphatic heterocycles. The summed E-state index contributed by atoms with van der Waals surface area (Å²) in [5.41, 5.74) is 2.90. The molecule has 2 aromatic rings. The molecule has 0 aliphatic rings. The van der Waals surface area contributed by atoms with Crippen molar-refractivity contribution >= 4 is 33.2 Å². The van der Waals surface area contributed by atoms with Crippen LogP contribution in [0.25, 0.3) is 0 Å². The molecule has 0 saturated heterocycles. The normalized spacial score (nSPS) is 10.3. The molecule has 110 valence electrons. The number of nitrogens with one attached hydrogen (secondary N) is 2. The molecule has 1 amide bonds. The SMILES string of the molecule is Cc1ccc(NCC(=O)Nc2ccc(Br)cc2C)cc1F. The molecular formula is C16H16BrFN2O. The van der Waals surface area contributed by atoms with Crippen molar-refractivity contribution in [2.45, 2.75) is 13.8 Å². The summed E-state index contributed by atoms with van der Waals surface area (Å²) in [6.45, 7) is 3.70. The Balaban J connectivity index is 1.94. The molecule has 0 atom stereocenters. The Morgan fingerprint density at radius 3 is 2.57 bits per heavy atom. The summed E-state index contributed by atoms with van der Waals surface area (Å²) < 4.78 is 14.4. The van der Waals surface area contributed by atoms with E-state index in [0.29, 0.717) is 11.3 Å². The number of hydrogen-bond acceptors (Lipinski definition) is 2. The maximum absolute atomic E-state index is 13.4. The topological polar surface area (TPSA) is 41.1 Å². The van der Waals surface area contributed by atoms with E-state index in [0.717, 1.165) is 15.7 Å². The van der Waals surface area contributed by atoms with Gasteiger partial charge in [0.05, 0.1) is 6.54 Å². The smallest absolute Gasteiger partial charge is 0.243 e. The summed E-state index contributed by atoms with van der Waals surface area (Å²) in [5.74, 6) is -0.467. The lowest BCUT2D eigenvalue weighted by molar-refractivity contribution is -0.114. The van der Waals surface area contributed by atoms with E-state index in [-0.39, 0.29) is 18.3 Å². The number of halogens is 2. The monoisotopic (exact) mass is 350 g/mol. The minimum absolute atomic E-state index is 0.0814. The first-order valence-corrected chi connectivity index (χ1v) is 7.31. The highest BCUT2D eigenvalue weighted by atomic mass is 79.9. The Morgan fingerprint density at radius 1 is 1.14 bits per heavy atom. The van der Waals surface area contributed by atoms with Gasteiger partial charge in [0.2, 0.25) is 5.91 Å². The number of hydrogen-bond donors (Lipinski definition) is 2. The summed E-state index contributed by atoms with van der Waals surface area (Å²) in [7, 11) is 0. The molecule has 0 unspecified atom stereocenters. The van der Waals surface area contributed by atoms with Gasteiger partial charge in [-0.1, -0.05) is 22.0 Å². The van der Waals surface area contributed by atoms with Crippen LogP contribution in [0.2, 0.25) is 0 Å². The number of benzene rings is 2. The van der Waals surface area contributed by atoms with Crippen LogP contribution in [0.5, 0.6) is 0 Å². The standard InChI is InChI=1S/C16H16BrFN2O/c1-10-3-5-13(8-14(10)18)19-9-16(21)20-15-6-4-12(17)7-11(15)2/h3-8,19H,9H2,1-2H3,(H,20,21). The van der Waals surface area contributed by atoms with Crippen molar-refractivity contribution in [3.8, 4) is 0 Å². The van der Waals surface area contributed by atoms with Gasteiger partial charge in [-0.3, -0.25) is 4.79 Å². The number of aryl methyl sites for hydroxylation is 2. The largest absolute Gasteiger partial charge is 0.376 e. The van der Waals surface area contributed by atoms with Crippen LogP contribution >= 0.6 is 15.9 Å². The van der Waals surface area contributed by atoms with Crippen molar-refractivity contribution in [3.05, 3.63) is 57.8 Å². The van der Waals surface area contributed by atoms with Crippen LogP contribution in [0.1, 0.15) is 11.1 Å². The number of amides is 1. The van der Waals surface area contributed by atoms with E-state index in [1.54, 1.807) is 19.1 Å². The molecule has 2 rings (SSSR count). The molecule has 5 heteroatoms. The third-order valence-electron chi connectivity index (χ3n) is 3.09. The van der Waals surface area contributed by atoms with Crippen molar-refractivity contribution in [2.24, 2.45) is 0 Å². The minimum atomic E-state index is -0.288. The fourth-order valence-electron chi connectivity index (χ4n) is 1.85. The molecule has 0 fully saturated rings. The van der Waals surface area contributed by atoms with Crippen molar-refractivity contribution in [3.63, 3.8) is 0 Å². The van der Waals surface area contributed by atoms with Crippen LogP contribution in [0.3, 0.4) is 0 Å². The first-order valence-electron chi connectivity index (χ1n) is 6.52. The van der Waals surface area contributed by atoms with Gasteiger partial charge in [-0.2, -0.15) is 0 Å². The molecule has 0 aliphatic carbocycles. The molecule has 0 spiro atoms. The molecule has 21 heavy (non-hydrogen) atoms. The number of rotatable bonds is 4. The Bertz CT molecular complexity index is 673. The summed E-state index contributed by atoms with van der Waals surface area (Å²) in [4.78, 5) is 11.9. The molecule has 2 aromatic carbocycles. The maximum Gasteiger partial charge on any atom is 0.243 e. The molecular weight excluding hydrogens is 335 g/mol. The van der Waals surface area contributed by atoms with Crippen molar-refractivity contribution < 1.29 is 9.18 Å². The van der Waals surface area contributed by atoms with E-state index in [1.807, 2.05) is 25.1 Å². The van der Waals surface area contributed by atoms with Gasteiger partial charge in [-0.25, -0.2) is 4.39 Å². The average molecular weight is 351 g/mol. The zero-order valence-corrected chi connectivity index (χ0v) is 13.4. The second kappa shape index (κ2) is 6.72. The third kappa shape index (κ3) is 4.29. The van der Waals surface area contributed by atoms with E-state index in [2.05, 4.69) is 26.6 Å². The zero-order chi connectivity index (χ0) is 15.4. The highest BCUT2D eigenvalue weighted by Crippen LogP contribution is 2.20. The number of anilines is 2. The Kier molecular flexibility index (Phi) is 4.96. The lowest BCUT2D eigenvalue weighted by Crippen LogP contribution is -2.22. The van der Waals surface area contributed by atoms with E-state index in [1.165, 1.54) is 6.07 Å². The highest BCUT2D eigenvalue weighted by molar-refractivity contribution is 9.10. The van der Waals surface area contributed by atoms with Gasteiger partial charge in [-0.15, -0.1) is 0 Å². The highest BCUT2D eigenvalue weighted by Gasteiger charge is 2.06. The van der Waals surface area contributed by atoms with Crippen LogP contribution in [-0.2, 0) is 4.79 Å². The summed E-state index contributed by atoms with van der Waals surface area (Å²) in [6, 6.07) is 10.4. The van der Waals surface area contributed by atoms with Crippen molar-refractivity contribution in [1.82, 2.24) is 0 Å². The molecule has 0 radical (unpaired) electrons. The molecule has 0 saturated carbocycles. The van der Waals surface area contributed by atoms with Gasteiger partial charge in [0, 0.05) is 15.8 Å². The zero-order valence-electron chi connectivity index (χ0n) is 11.8. The van der Waals surface area contributed by atoms with Crippen LogP contribution in [0, 0.1) is 19.7 Å². The van der Waals surface area contributed by atoms with Crippen LogP contribution in [-0.4, -0.2) is 12.5 Å². The quantitative estimate of drug-likeness (QED) is 0.864. The van der Waals surface area contributed by atoms with Gasteiger partial charge in [-0.05, 0) is 55.3 Å². The number of carbonyl (C=O) groups is 1. The van der Waals surface area contributed by atoms with Crippen molar-refractivity contribution in [1.29, 1.82) is 0 Å². The summed E-state index contributed by atoms with van der Waals surface area (Å²) >= 11 is 3.38. The van der Waals surface area contributed by atoms with Crippen molar-refractivity contribution in [2.75, 3.05) is 17.2 Å². The maximum atomic E-state index is 13.4. The predicted octanol–water partition coefficient (Wildman–Crippen LogP) is 4.26.